The fourth-order valence-electron chi connectivity index (χ4n) is 4.46. The van der Waals surface area contributed by atoms with Crippen molar-refractivity contribution in [3.05, 3.63) is 42.2 Å². The molecule has 1 aliphatic heterocycles. The number of rotatable bonds is 8. The van der Waals surface area contributed by atoms with Crippen LogP contribution in [0.15, 0.2) is 41.4 Å². The van der Waals surface area contributed by atoms with Gasteiger partial charge in [-0.15, -0.1) is 5.10 Å². The van der Waals surface area contributed by atoms with Gasteiger partial charge in [0.1, 0.15) is 11.3 Å². The Hall–Kier alpha value is -1.85. The van der Waals surface area contributed by atoms with E-state index in [1.165, 1.54) is 12.1 Å². The van der Waals surface area contributed by atoms with E-state index < -0.39 is 27.8 Å². The second-order valence-electron chi connectivity index (χ2n) is 8.49. The van der Waals surface area contributed by atoms with Crippen molar-refractivity contribution in [2.75, 3.05) is 6.61 Å². The summed E-state index contributed by atoms with van der Waals surface area (Å²) in [5, 5.41) is 28.7. The lowest BCUT2D eigenvalue weighted by molar-refractivity contribution is -0.0891. The molecule has 1 aromatic heterocycles. The lowest BCUT2D eigenvalue weighted by atomic mass is 9.98. The van der Waals surface area contributed by atoms with Crippen molar-refractivity contribution in [3.63, 3.8) is 0 Å². The Labute approximate surface area is 182 Å². The topological polar surface area (TPSA) is 127 Å². The van der Waals surface area contributed by atoms with Crippen molar-refractivity contribution in [1.29, 1.82) is 0 Å². The van der Waals surface area contributed by atoms with Gasteiger partial charge in [-0.3, -0.25) is 4.68 Å². The smallest absolute Gasteiger partial charge is 0.240 e. The molecule has 4 rings (SSSR count). The highest BCUT2D eigenvalue weighted by molar-refractivity contribution is 7.89. The summed E-state index contributed by atoms with van der Waals surface area (Å²) in [6.07, 6.45) is 6.41. The van der Waals surface area contributed by atoms with E-state index in [0.717, 1.165) is 25.7 Å². The molecule has 170 valence electrons. The van der Waals surface area contributed by atoms with E-state index in [-0.39, 0.29) is 17.6 Å². The van der Waals surface area contributed by atoms with E-state index in [1.54, 1.807) is 29.1 Å². The summed E-state index contributed by atoms with van der Waals surface area (Å²) in [7, 11) is -3.67. The van der Waals surface area contributed by atoms with Gasteiger partial charge < -0.3 is 14.9 Å². The molecule has 3 N–H and O–H groups in total. The van der Waals surface area contributed by atoms with Crippen molar-refractivity contribution in [1.82, 2.24) is 19.7 Å². The van der Waals surface area contributed by atoms with Gasteiger partial charge in [0, 0.05) is 6.54 Å². The van der Waals surface area contributed by atoms with Gasteiger partial charge in [-0.1, -0.05) is 36.3 Å². The minimum Gasteiger partial charge on any atom is -0.394 e. The van der Waals surface area contributed by atoms with Crippen LogP contribution in [0.5, 0.6) is 0 Å². The molecule has 2 aliphatic rings. The van der Waals surface area contributed by atoms with Crippen LogP contribution in [0.2, 0.25) is 0 Å². The summed E-state index contributed by atoms with van der Waals surface area (Å²) in [6.45, 7) is 0.311. The number of aliphatic hydroxyl groups is 2. The highest BCUT2D eigenvalue weighted by Crippen LogP contribution is 2.37. The molecule has 0 spiro atoms. The number of aryl methyl sites for hydroxylation is 1. The number of hydrogen-bond acceptors (Lipinski definition) is 7. The van der Waals surface area contributed by atoms with Crippen molar-refractivity contribution in [2.45, 2.75) is 80.2 Å². The fraction of sp³-hybridized carbons (Fsp3) is 0.619. The van der Waals surface area contributed by atoms with Crippen molar-refractivity contribution >= 4 is 10.0 Å². The average molecular weight is 451 g/mol. The molecule has 2 fully saturated rings. The molecule has 9 nitrogen and oxygen atoms in total. The second-order valence-corrected chi connectivity index (χ2v) is 10.2. The summed E-state index contributed by atoms with van der Waals surface area (Å²) in [5.41, 5.74) is -0.233. The molecule has 0 bridgehead atoms. The van der Waals surface area contributed by atoms with Gasteiger partial charge in [-0.25, -0.2) is 13.1 Å². The van der Waals surface area contributed by atoms with Gasteiger partial charge >= 0.3 is 0 Å². The first-order chi connectivity index (χ1) is 14.9. The number of aromatic nitrogens is 3. The standard InChI is InChI=1S/C21H30N4O5S/c26-15-19-18(23-31(28,29)17-6-2-1-3-7-17)9-8-16(30-19)10-13-25-14-20(22-24-25)21(27)11-4-5-12-21/h1-3,6-7,14,16,18-19,23,26-27H,4-5,8-13,15H2/t16-,18+,19+/m0/s1. The van der Waals surface area contributed by atoms with Crippen LogP contribution in [0.3, 0.4) is 0 Å². The summed E-state index contributed by atoms with van der Waals surface area (Å²) < 4.78 is 35.6. The number of hydrogen-bond donors (Lipinski definition) is 3. The Balaban J connectivity index is 1.31. The van der Waals surface area contributed by atoms with Gasteiger partial charge in [-0.2, -0.15) is 0 Å². The summed E-state index contributed by atoms with van der Waals surface area (Å²) in [4.78, 5) is 0.194. The first kappa shape index (κ1) is 22.3. The van der Waals surface area contributed by atoms with Gasteiger partial charge in [0.05, 0.1) is 35.9 Å². The summed E-state index contributed by atoms with van der Waals surface area (Å²) >= 11 is 0. The SMILES string of the molecule is O=S(=O)(N[C@@H]1CC[C@@H](CCn2cc(C3(O)CCCC3)nn2)O[C@@H]1CO)c1ccccc1. The predicted octanol–water partition coefficient (Wildman–Crippen LogP) is 1.32. The Bertz CT molecular complexity index is 959. The number of aliphatic hydroxyl groups excluding tert-OH is 1. The molecular weight excluding hydrogens is 420 g/mol. The lowest BCUT2D eigenvalue weighted by Crippen LogP contribution is -2.50. The molecule has 0 amide bonds. The van der Waals surface area contributed by atoms with E-state index in [1.807, 2.05) is 0 Å². The van der Waals surface area contributed by atoms with Crippen LogP contribution in [-0.4, -0.2) is 58.5 Å². The van der Waals surface area contributed by atoms with Crippen molar-refractivity contribution < 1.29 is 23.4 Å². The Morgan fingerprint density at radius 3 is 2.65 bits per heavy atom. The first-order valence-electron chi connectivity index (χ1n) is 10.9. The molecule has 2 aromatic rings. The minimum atomic E-state index is -3.67. The van der Waals surface area contributed by atoms with E-state index >= 15 is 0 Å². The van der Waals surface area contributed by atoms with Crippen molar-refractivity contribution in [2.24, 2.45) is 0 Å². The highest BCUT2D eigenvalue weighted by Gasteiger charge is 2.36. The fourth-order valence-corrected chi connectivity index (χ4v) is 5.78. The van der Waals surface area contributed by atoms with E-state index in [4.69, 9.17) is 4.74 Å². The van der Waals surface area contributed by atoms with E-state index in [9.17, 15) is 18.6 Å². The van der Waals surface area contributed by atoms with Crippen molar-refractivity contribution in [3.8, 4) is 0 Å². The van der Waals surface area contributed by atoms with Crippen LogP contribution in [-0.2, 0) is 26.9 Å². The predicted molar refractivity (Wildman–Crippen MR) is 113 cm³/mol. The van der Waals surface area contributed by atoms with Crippen LogP contribution in [0.25, 0.3) is 0 Å². The molecule has 1 saturated carbocycles. The minimum absolute atomic E-state index is 0.114. The zero-order valence-corrected chi connectivity index (χ0v) is 18.2. The van der Waals surface area contributed by atoms with Gasteiger partial charge in [-0.05, 0) is 44.2 Å². The zero-order valence-electron chi connectivity index (χ0n) is 17.4. The van der Waals surface area contributed by atoms with E-state index in [0.29, 0.717) is 31.5 Å². The van der Waals surface area contributed by atoms with Crippen LogP contribution in [0, 0.1) is 0 Å². The summed E-state index contributed by atoms with van der Waals surface area (Å²) in [6, 6.07) is 7.70. The largest absolute Gasteiger partial charge is 0.394 e. The Morgan fingerprint density at radius 1 is 1.19 bits per heavy atom. The normalized spacial score (nSPS) is 26.2. The van der Waals surface area contributed by atoms with Gasteiger partial charge in [0.25, 0.3) is 0 Å². The first-order valence-corrected chi connectivity index (χ1v) is 12.3. The third-order valence-corrected chi connectivity index (χ3v) is 7.79. The molecule has 1 saturated heterocycles. The highest BCUT2D eigenvalue weighted by atomic mass is 32.2. The Morgan fingerprint density at radius 2 is 1.94 bits per heavy atom. The zero-order chi connectivity index (χ0) is 21.9. The van der Waals surface area contributed by atoms with Crippen LogP contribution >= 0.6 is 0 Å². The van der Waals surface area contributed by atoms with Crippen LogP contribution < -0.4 is 4.72 Å². The number of ether oxygens (including phenoxy) is 1. The second kappa shape index (κ2) is 9.33. The number of benzene rings is 1. The molecule has 2 heterocycles. The molecule has 10 heteroatoms. The summed E-state index contributed by atoms with van der Waals surface area (Å²) in [5.74, 6) is 0. The quantitative estimate of drug-likeness (QED) is 0.553. The third kappa shape index (κ3) is 5.15. The molecule has 1 aliphatic carbocycles. The third-order valence-electron chi connectivity index (χ3n) is 6.28. The van der Waals surface area contributed by atoms with Gasteiger partial charge in [0.2, 0.25) is 10.0 Å². The number of nitrogens with zero attached hydrogens (tertiary/aromatic N) is 3. The lowest BCUT2D eigenvalue weighted by Gasteiger charge is -2.36. The van der Waals surface area contributed by atoms with Crippen LogP contribution in [0.1, 0.15) is 50.6 Å². The maximum absolute atomic E-state index is 12.6. The molecule has 0 radical (unpaired) electrons. The monoisotopic (exact) mass is 450 g/mol. The van der Waals surface area contributed by atoms with Gasteiger partial charge in [0.15, 0.2) is 0 Å². The average Bonchev–Trinajstić information content (AvgIpc) is 3.43. The maximum atomic E-state index is 12.6. The Kier molecular flexibility index (Phi) is 6.73. The molecular formula is C21H30N4O5S. The molecule has 1 aromatic carbocycles. The molecule has 31 heavy (non-hydrogen) atoms. The molecule has 0 unspecified atom stereocenters. The number of sulfonamides is 1. The van der Waals surface area contributed by atoms with E-state index in [2.05, 4.69) is 15.0 Å². The maximum Gasteiger partial charge on any atom is 0.240 e. The van der Waals surface area contributed by atoms with Crippen LogP contribution in [0.4, 0.5) is 0 Å². The number of nitrogens with one attached hydrogen (secondary N) is 1. The molecule has 3 atom stereocenters.